The van der Waals surface area contributed by atoms with Crippen LogP contribution in [0.3, 0.4) is 0 Å². The molecule has 0 aliphatic heterocycles. The Morgan fingerprint density at radius 3 is 1.82 bits per heavy atom. The lowest BCUT2D eigenvalue weighted by Gasteiger charge is -2.15. The Balaban J connectivity index is 1.46. The van der Waals surface area contributed by atoms with Crippen LogP contribution >= 0.6 is 0 Å². The monoisotopic (exact) mass is 451 g/mol. The number of hydrogen-bond acceptors (Lipinski definition) is 4. The van der Waals surface area contributed by atoms with Gasteiger partial charge in [0.15, 0.2) is 5.78 Å². The fourth-order valence-corrected chi connectivity index (χ4v) is 3.82. The van der Waals surface area contributed by atoms with Crippen molar-refractivity contribution in [3.63, 3.8) is 0 Å². The number of ketones is 1. The Morgan fingerprint density at radius 1 is 0.735 bits per heavy atom. The van der Waals surface area contributed by atoms with Gasteiger partial charge in [-0.25, -0.2) is 0 Å². The van der Waals surface area contributed by atoms with Gasteiger partial charge >= 0.3 is 0 Å². The molecule has 0 saturated carbocycles. The molecule has 0 bridgehead atoms. The first-order valence-electron chi connectivity index (χ1n) is 11.2. The van der Waals surface area contributed by atoms with Gasteiger partial charge in [0, 0.05) is 23.2 Å². The zero-order valence-corrected chi connectivity index (χ0v) is 20.0. The van der Waals surface area contributed by atoms with Gasteiger partial charge < -0.3 is 14.4 Å². The van der Waals surface area contributed by atoms with Gasteiger partial charge in [-0.3, -0.25) is 4.79 Å². The Hall–Kier alpha value is -3.89. The van der Waals surface area contributed by atoms with Crippen LogP contribution in [0.1, 0.15) is 27.0 Å². The van der Waals surface area contributed by atoms with Gasteiger partial charge in [0.25, 0.3) is 0 Å². The summed E-state index contributed by atoms with van der Waals surface area (Å²) in [7, 11) is 5.79. The number of aryl methyl sites for hydroxylation is 1. The zero-order chi connectivity index (χ0) is 24.1. The minimum absolute atomic E-state index is 0.00373. The molecule has 0 spiro atoms. The Bertz CT molecular complexity index is 1260. The van der Waals surface area contributed by atoms with E-state index < -0.39 is 0 Å². The van der Waals surface area contributed by atoms with Crippen molar-refractivity contribution in [1.29, 1.82) is 0 Å². The molecule has 0 heterocycles. The molecule has 4 heteroatoms. The molecule has 34 heavy (non-hydrogen) atoms. The Labute approximate surface area is 201 Å². The van der Waals surface area contributed by atoms with Gasteiger partial charge in [0.05, 0.1) is 7.11 Å². The summed E-state index contributed by atoms with van der Waals surface area (Å²) >= 11 is 0. The highest BCUT2D eigenvalue weighted by molar-refractivity contribution is 6.09. The number of benzene rings is 4. The van der Waals surface area contributed by atoms with Crippen molar-refractivity contribution in [2.45, 2.75) is 13.5 Å². The normalized spacial score (nSPS) is 10.9. The second kappa shape index (κ2) is 10.4. The second-order valence-electron chi connectivity index (χ2n) is 8.61. The number of nitrogens with zero attached hydrogens (tertiary/aromatic N) is 1. The molecule has 0 atom stereocenters. The first kappa shape index (κ1) is 23.3. The summed E-state index contributed by atoms with van der Waals surface area (Å²) < 4.78 is 11.5. The molecule has 0 aliphatic rings. The zero-order valence-electron chi connectivity index (χ0n) is 20.0. The SMILES string of the molecule is COc1ccc(-c2ccc(Oc3ccc(C(=O)c4ccc(C)cc4)cc3)cc2)cc1CN(C)C. The largest absolute Gasteiger partial charge is 0.496 e. The molecule has 4 nitrogen and oxygen atoms in total. The molecule has 0 unspecified atom stereocenters. The number of rotatable bonds is 8. The van der Waals surface area contributed by atoms with E-state index in [9.17, 15) is 4.79 Å². The number of methoxy groups -OCH3 is 1. The van der Waals surface area contributed by atoms with Crippen molar-refractivity contribution in [2.24, 2.45) is 0 Å². The third-order valence-electron chi connectivity index (χ3n) is 5.62. The highest BCUT2D eigenvalue weighted by atomic mass is 16.5. The maximum Gasteiger partial charge on any atom is 0.193 e. The molecule has 4 rings (SSSR count). The van der Waals surface area contributed by atoms with Gasteiger partial charge in [0.1, 0.15) is 17.2 Å². The van der Waals surface area contributed by atoms with E-state index in [2.05, 4.69) is 17.0 Å². The summed E-state index contributed by atoms with van der Waals surface area (Å²) in [6, 6.07) is 29.1. The molecule has 4 aromatic rings. The van der Waals surface area contributed by atoms with Crippen molar-refractivity contribution >= 4 is 5.78 Å². The summed E-state index contributed by atoms with van der Waals surface area (Å²) in [6.07, 6.45) is 0. The summed E-state index contributed by atoms with van der Waals surface area (Å²) in [5.41, 5.74) is 5.83. The maximum atomic E-state index is 12.7. The Kier molecular flexibility index (Phi) is 7.09. The number of carbonyl (C=O) groups excluding carboxylic acids is 1. The second-order valence-corrected chi connectivity index (χ2v) is 8.61. The van der Waals surface area contributed by atoms with Crippen molar-refractivity contribution in [3.8, 4) is 28.4 Å². The van der Waals surface area contributed by atoms with E-state index in [-0.39, 0.29) is 5.78 Å². The first-order chi connectivity index (χ1) is 16.4. The highest BCUT2D eigenvalue weighted by Crippen LogP contribution is 2.30. The lowest BCUT2D eigenvalue weighted by atomic mass is 10.0. The molecule has 0 saturated heterocycles. The van der Waals surface area contributed by atoms with Crippen LogP contribution in [0.25, 0.3) is 11.1 Å². The van der Waals surface area contributed by atoms with Crippen LogP contribution in [0.4, 0.5) is 0 Å². The fraction of sp³-hybridized carbons (Fsp3) is 0.167. The molecule has 0 amide bonds. The average Bonchev–Trinajstić information content (AvgIpc) is 2.85. The topological polar surface area (TPSA) is 38.8 Å². The molecule has 4 aromatic carbocycles. The summed E-state index contributed by atoms with van der Waals surface area (Å²) in [5, 5.41) is 0. The van der Waals surface area contributed by atoms with Gasteiger partial charge in [-0.15, -0.1) is 0 Å². The van der Waals surface area contributed by atoms with Crippen LogP contribution in [0.2, 0.25) is 0 Å². The third-order valence-corrected chi connectivity index (χ3v) is 5.62. The quantitative estimate of drug-likeness (QED) is 0.278. The third kappa shape index (κ3) is 5.53. The number of ether oxygens (including phenoxy) is 2. The molecule has 0 fully saturated rings. The van der Waals surface area contributed by atoms with E-state index in [1.165, 1.54) is 0 Å². The molecule has 0 radical (unpaired) electrons. The number of hydrogen-bond donors (Lipinski definition) is 0. The Morgan fingerprint density at radius 2 is 1.26 bits per heavy atom. The van der Waals surface area contributed by atoms with Gasteiger partial charge in [-0.2, -0.15) is 0 Å². The van der Waals surface area contributed by atoms with E-state index in [0.717, 1.165) is 40.3 Å². The van der Waals surface area contributed by atoms with Crippen LogP contribution in [-0.4, -0.2) is 31.9 Å². The van der Waals surface area contributed by atoms with E-state index >= 15 is 0 Å². The predicted molar refractivity (Wildman–Crippen MR) is 137 cm³/mol. The van der Waals surface area contributed by atoms with Crippen LogP contribution in [-0.2, 0) is 6.54 Å². The minimum atomic E-state index is 0.00373. The lowest BCUT2D eigenvalue weighted by Crippen LogP contribution is -2.11. The molecule has 0 aromatic heterocycles. The molecule has 172 valence electrons. The van der Waals surface area contributed by atoms with Crippen molar-refractivity contribution < 1.29 is 14.3 Å². The predicted octanol–water partition coefficient (Wildman–Crippen LogP) is 6.76. The lowest BCUT2D eigenvalue weighted by molar-refractivity contribution is 0.103. The molecule has 0 aliphatic carbocycles. The number of carbonyl (C=O) groups is 1. The van der Waals surface area contributed by atoms with Crippen LogP contribution in [0.5, 0.6) is 17.2 Å². The van der Waals surface area contributed by atoms with E-state index in [4.69, 9.17) is 9.47 Å². The highest BCUT2D eigenvalue weighted by Gasteiger charge is 2.10. The molecule has 0 N–H and O–H groups in total. The van der Waals surface area contributed by atoms with Crippen LogP contribution in [0.15, 0.2) is 91.0 Å². The van der Waals surface area contributed by atoms with E-state index in [0.29, 0.717) is 16.9 Å². The van der Waals surface area contributed by atoms with Crippen molar-refractivity contribution in [3.05, 3.63) is 113 Å². The minimum Gasteiger partial charge on any atom is -0.496 e. The maximum absolute atomic E-state index is 12.7. The van der Waals surface area contributed by atoms with Crippen molar-refractivity contribution in [1.82, 2.24) is 4.90 Å². The summed E-state index contributed by atoms with van der Waals surface area (Å²) in [5.74, 6) is 2.32. The van der Waals surface area contributed by atoms with Gasteiger partial charge in [0.2, 0.25) is 0 Å². The van der Waals surface area contributed by atoms with E-state index in [1.807, 2.05) is 87.7 Å². The molecular weight excluding hydrogens is 422 g/mol. The van der Waals surface area contributed by atoms with Crippen molar-refractivity contribution in [2.75, 3.05) is 21.2 Å². The van der Waals surface area contributed by atoms with E-state index in [1.54, 1.807) is 19.2 Å². The fourth-order valence-electron chi connectivity index (χ4n) is 3.82. The van der Waals surface area contributed by atoms with Gasteiger partial charge in [-0.1, -0.05) is 48.0 Å². The average molecular weight is 452 g/mol. The van der Waals surface area contributed by atoms with Crippen LogP contribution in [0, 0.1) is 6.92 Å². The van der Waals surface area contributed by atoms with Crippen LogP contribution < -0.4 is 9.47 Å². The summed E-state index contributed by atoms with van der Waals surface area (Å²) in [6.45, 7) is 2.81. The standard InChI is InChI=1S/C30H29NO3/c1-21-5-7-23(8-6-21)30(32)24-11-16-28(17-12-24)34-27-14-9-22(10-15-27)25-13-18-29(33-4)26(19-25)20-31(2)3/h5-19H,20H2,1-4H3. The first-order valence-corrected chi connectivity index (χ1v) is 11.2. The van der Waals surface area contributed by atoms with Gasteiger partial charge in [-0.05, 0) is 80.7 Å². The summed E-state index contributed by atoms with van der Waals surface area (Å²) in [4.78, 5) is 14.8. The molecular formula is C30H29NO3. The smallest absolute Gasteiger partial charge is 0.193 e.